The Morgan fingerprint density at radius 2 is 1.96 bits per heavy atom. The molecule has 2 amide bonds. The molecule has 3 aromatic rings. The molecule has 1 aliphatic rings. The van der Waals surface area contributed by atoms with Crippen LogP contribution in [0.2, 0.25) is 0 Å². The highest BCUT2D eigenvalue weighted by atomic mass is 16.2. The molecular formula is C19H26N8O. The van der Waals surface area contributed by atoms with Gasteiger partial charge in [-0.3, -0.25) is 5.32 Å². The van der Waals surface area contributed by atoms with Gasteiger partial charge in [0.2, 0.25) is 5.95 Å². The molecule has 1 fully saturated rings. The maximum Gasteiger partial charge on any atom is 0.320 e. The number of hydrogen-bond donors (Lipinski definition) is 3. The molecule has 28 heavy (non-hydrogen) atoms. The molecule has 0 radical (unpaired) electrons. The lowest BCUT2D eigenvalue weighted by atomic mass is 10.1. The summed E-state index contributed by atoms with van der Waals surface area (Å²) in [6.45, 7) is 7.57. The second-order valence-corrected chi connectivity index (χ2v) is 6.40. The van der Waals surface area contributed by atoms with Crippen molar-refractivity contribution in [1.82, 2.24) is 30.2 Å². The van der Waals surface area contributed by atoms with Gasteiger partial charge in [0.25, 0.3) is 0 Å². The van der Waals surface area contributed by atoms with E-state index < -0.39 is 0 Å². The number of amides is 2. The molecule has 1 saturated heterocycles. The minimum atomic E-state index is -0.223. The lowest BCUT2D eigenvalue weighted by Gasteiger charge is -2.32. The third-order valence-electron chi connectivity index (χ3n) is 4.43. The van der Waals surface area contributed by atoms with Gasteiger partial charge in [0.05, 0.1) is 6.20 Å². The van der Waals surface area contributed by atoms with Gasteiger partial charge in [-0.2, -0.15) is 4.98 Å². The molecular weight excluding hydrogens is 356 g/mol. The molecule has 4 rings (SSSR count). The number of anilines is 2. The smallest absolute Gasteiger partial charge is 0.320 e. The van der Waals surface area contributed by atoms with Crippen LogP contribution in [0.1, 0.15) is 32.3 Å². The number of aryl methyl sites for hydroxylation is 1. The highest BCUT2D eigenvalue weighted by molar-refractivity contribution is 5.88. The third-order valence-corrected chi connectivity index (χ3v) is 4.43. The number of fused-ring (bicyclic) bond motifs is 1. The fraction of sp³-hybridized carbons (Fsp3) is 0.421. The second-order valence-electron chi connectivity index (χ2n) is 6.40. The number of nitrogens with one attached hydrogen (secondary N) is 3. The van der Waals surface area contributed by atoms with Crippen LogP contribution in [0.4, 0.5) is 16.6 Å². The zero-order valence-corrected chi connectivity index (χ0v) is 16.4. The monoisotopic (exact) mass is 382 g/mol. The molecule has 9 nitrogen and oxygen atoms in total. The first kappa shape index (κ1) is 19.5. The summed E-state index contributed by atoms with van der Waals surface area (Å²) in [5, 5.41) is 5.78. The molecule has 0 saturated carbocycles. The average molecular weight is 382 g/mol. The summed E-state index contributed by atoms with van der Waals surface area (Å²) in [4.78, 5) is 34.3. The van der Waals surface area contributed by atoms with Crippen molar-refractivity contribution in [2.75, 3.05) is 23.3 Å². The Morgan fingerprint density at radius 3 is 2.64 bits per heavy atom. The first-order chi connectivity index (χ1) is 13.7. The molecule has 9 heteroatoms. The van der Waals surface area contributed by atoms with E-state index in [2.05, 4.69) is 40.5 Å². The normalized spacial score (nSPS) is 14.3. The van der Waals surface area contributed by atoms with Crippen LogP contribution in [-0.4, -0.2) is 50.1 Å². The molecule has 0 spiro atoms. The van der Waals surface area contributed by atoms with Crippen molar-refractivity contribution in [3.8, 4) is 0 Å². The summed E-state index contributed by atoms with van der Waals surface area (Å²) < 4.78 is 0. The van der Waals surface area contributed by atoms with E-state index in [1.807, 2.05) is 26.8 Å². The number of nitrogens with zero attached hydrogens (tertiary/aromatic N) is 5. The second kappa shape index (κ2) is 9.12. The minimum Gasteiger partial charge on any atom is -0.342 e. The zero-order valence-electron chi connectivity index (χ0n) is 16.4. The summed E-state index contributed by atoms with van der Waals surface area (Å²) in [6.07, 6.45) is 6.63. The van der Waals surface area contributed by atoms with Crippen molar-refractivity contribution in [1.29, 1.82) is 0 Å². The molecule has 3 N–H and O–H groups in total. The first-order valence-electron chi connectivity index (χ1n) is 9.58. The van der Waals surface area contributed by atoms with E-state index in [-0.39, 0.29) is 12.1 Å². The fourth-order valence-electron chi connectivity index (χ4n) is 3.01. The van der Waals surface area contributed by atoms with Crippen LogP contribution < -0.4 is 15.5 Å². The maximum atomic E-state index is 12.1. The number of carbonyl (C=O) groups is 1. The number of urea groups is 1. The Bertz CT molecular complexity index is 867. The maximum absolute atomic E-state index is 12.1. The molecule has 3 aromatic heterocycles. The van der Waals surface area contributed by atoms with Crippen molar-refractivity contribution < 1.29 is 4.79 Å². The van der Waals surface area contributed by atoms with E-state index in [1.165, 1.54) is 6.33 Å². The topological polar surface area (TPSA) is 112 Å². The van der Waals surface area contributed by atoms with Crippen LogP contribution in [-0.2, 0) is 0 Å². The summed E-state index contributed by atoms with van der Waals surface area (Å²) in [6, 6.07) is 3.61. The number of rotatable bonds is 3. The number of aromatic nitrogens is 5. The van der Waals surface area contributed by atoms with Crippen molar-refractivity contribution in [2.45, 2.75) is 39.7 Å². The molecule has 0 atom stereocenters. The fourth-order valence-corrected chi connectivity index (χ4v) is 3.01. The van der Waals surface area contributed by atoms with Crippen molar-refractivity contribution >= 4 is 29.0 Å². The summed E-state index contributed by atoms with van der Waals surface area (Å²) in [7, 11) is 0. The van der Waals surface area contributed by atoms with Gasteiger partial charge in [0, 0.05) is 25.3 Å². The van der Waals surface area contributed by atoms with Crippen LogP contribution in [0, 0.1) is 6.92 Å². The quantitative estimate of drug-likeness (QED) is 0.642. The van der Waals surface area contributed by atoms with Crippen molar-refractivity contribution in [2.24, 2.45) is 0 Å². The van der Waals surface area contributed by atoms with E-state index in [0.29, 0.717) is 11.5 Å². The van der Waals surface area contributed by atoms with Gasteiger partial charge < -0.3 is 15.2 Å². The van der Waals surface area contributed by atoms with Gasteiger partial charge in [0.1, 0.15) is 17.7 Å². The van der Waals surface area contributed by atoms with E-state index in [1.54, 1.807) is 18.5 Å². The Labute approximate surface area is 164 Å². The van der Waals surface area contributed by atoms with Crippen LogP contribution in [0.25, 0.3) is 11.2 Å². The Kier molecular flexibility index (Phi) is 6.36. The number of hydrogen-bond acceptors (Lipinski definition) is 6. The Hall–Kier alpha value is -3.23. The minimum absolute atomic E-state index is 0.126. The average Bonchev–Trinajstić information content (AvgIpc) is 3.16. The van der Waals surface area contributed by atoms with Crippen LogP contribution in [0.5, 0.6) is 0 Å². The predicted octanol–water partition coefficient (Wildman–Crippen LogP) is 2.87. The SMILES string of the molecule is CC.Cc1ccc(NC(=O)NC2CCN(c3nc4ncncc4[nH]3)CC2)nc1. The van der Waals surface area contributed by atoms with Crippen molar-refractivity contribution in [3.63, 3.8) is 0 Å². The van der Waals surface area contributed by atoms with E-state index in [4.69, 9.17) is 0 Å². The molecule has 0 aromatic carbocycles. The highest BCUT2D eigenvalue weighted by Crippen LogP contribution is 2.19. The summed E-state index contributed by atoms with van der Waals surface area (Å²) >= 11 is 0. The third kappa shape index (κ3) is 4.73. The molecule has 0 bridgehead atoms. The molecule has 1 aliphatic heterocycles. The van der Waals surface area contributed by atoms with E-state index in [0.717, 1.165) is 43.0 Å². The van der Waals surface area contributed by atoms with Gasteiger partial charge in [0.15, 0.2) is 5.65 Å². The van der Waals surface area contributed by atoms with Crippen molar-refractivity contribution in [3.05, 3.63) is 36.4 Å². The van der Waals surface area contributed by atoms with Gasteiger partial charge in [-0.15, -0.1) is 0 Å². The van der Waals surface area contributed by atoms with Crippen LogP contribution >= 0.6 is 0 Å². The number of H-pyrrole nitrogens is 1. The van der Waals surface area contributed by atoms with Crippen LogP contribution in [0.15, 0.2) is 30.9 Å². The summed E-state index contributed by atoms with van der Waals surface area (Å²) in [5.41, 5.74) is 2.55. The van der Waals surface area contributed by atoms with E-state index in [9.17, 15) is 4.79 Å². The number of aromatic amines is 1. The predicted molar refractivity (Wildman–Crippen MR) is 109 cm³/mol. The number of carbonyl (C=O) groups excluding carboxylic acids is 1. The van der Waals surface area contributed by atoms with Gasteiger partial charge in [-0.05, 0) is 31.4 Å². The number of pyridine rings is 1. The van der Waals surface area contributed by atoms with Crippen LogP contribution in [0.3, 0.4) is 0 Å². The van der Waals surface area contributed by atoms with Gasteiger partial charge >= 0.3 is 6.03 Å². The lowest BCUT2D eigenvalue weighted by Crippen LogP contribution is -2.46. The van der Waals surface area contributed by atoms with Gasteiger partial charge in [-0.25, -0.2) is 19.7 Å². The lowest BCUT2D eigenvalue weighted by molar-refractivity contribution is 0.246. The zero-order chi connectivity index (χ0) is 19.9. The van der Waals surface area contributed by atoms with E-state index >= 15 is 0 Å². The molecule has 148 valence electrons. The number of imidazole rings is 1. The Balaban J connectivity index is 0.00000109. The highest BCUT2D eigenvalue weighted by Gasteiger charge is 2.23. The molecule has 4 heterocycles. The summed E-state index contributed by atoms with van der Waals surface area (Å²) in [5.74, 6) is 1.35. The first-order valence-corrected chi connectivity index (χ1v) is 9.58. The molecule has 0 aliphatic carbocycles. The largest absolute Gasteiger partial charge is 0.342 e. The Morgan fingerprint density at radius 1 is 1.18 bits per heavy atom. The molecule has 0 unspecified atom stereocenters. The standard InChI is InChI=1S/C17H20N8O.C2H6/c1-11-2-3-14(19-8-11)23-17(26)21-12-4-6-25(7-5-12)16-22-13-9-18-10-20-15(13)24-16;1-2/h2-3,8-10,12H,4-7H2,1H3,(H,18,20,22,24)(H2,19,21,23,26);1-2H3. The number of piperidine rings is 1. The van der Waals surface area contributed by atoms with Gasteiger partial charge in [-0.1, -0.05) is 19.9 Å².